The molecular weight excluding hydrogens is 322 g/mol. The van der Waals surface area contributed by atoms with Crippen LogP contribution in [0.5, 0.6) is 0 Å². The number of aryl methyl sites for hydroxylation is 1. The smallest absolute Gasteiger partial charge is 0.213 e. The number of benzene rings is 1. The molecule has 0 amide bonds. The summed E-state index contributed by atoms with van der Waals surface area (Å²) < 4.78 is 25.7. The highest BCUT2D eigenvalue weighted by molar-refractivity contribution is 7.89. The van der Waals surface area contributed by atoms with Crippen molar-refractivity contribution in [3.63, 3.8) is 0 Å². The highest BCUT2D eigenvalue weighted by Crippen LogP contribution is 2.28. The van der Waals surface area contributed by atoms with E-state index in [1.165, 1.54) is 5.69 Å². The van der Waals surface area contributed by atoms with Crippen LogP contribution in [0.1, 0.15) is 26.0 Å². The first kappa shape index (κ1) is 17.2. The second-order valence-electron chi connectivity index (χ2n) is 6.19. The van der Waals surface area contributed by atoms with Gasteiger partial charge in [-0.2, -0.15) is 4.31 Å². The number of nitrogens with zero attached hydrogens (tertiary/aromatic N) is 3. The molecule has 130 valence electrons. The van der Waals surface area contributed by atoms with E-state index in [4.69, 9.17) is 4.98 Å². The number of pyridine rings is 1. The third-order valence-corrected chi connectivity index (χ3v) is 6.47. The molecule has 24 heavy (non-hydrogen) atoms. The van der Waals surface area contributed by atoms with Crippen LogP contribution in [0.25, 0.3) is 10.9 Å². The molecule has 2 aromatic rings. The second-order valence-corrected chi connectivity index (χ2v) is 8.44. The quantitative estimate of drug-likeness (QED) is 0.834. The maximum Gasteiger partial charge on any atom is 0.213 e. The zero-order valence-electron chi connectivity index (χ0n) is 14.4. The number of fused-ring (bicyclic) bond motifs is 1. The maximum absolute atomic E-state index is 12.0. The molecule has 1 aromatic heterocycles. The van der Waals surface area contributed by atoms with Crippen molar-refractivity contribution < 1.29 is 8.42 Å². The van der Waals surface area contributed by atoms with Gasteiger partial charge in [0.1, 0.15) is 0 Å². The minimum absolute atomic E-state index is 0.172. The van der Waals surface area contributed by atoms with Crippen LogP contribution in [0.2, 0.25) is 0 Å². The molecular formula is C18H25N3O2S. The minimum Gasteiger partial charge on any atom is -0.368 e. The number of hydrogen-bond acceptors (Lipinski definition) is 4. The molecule has 5 nitrogen and oxygen atoms in total. The number of sulfonamides is 1. The van der Waals surface area contributed by atoms with E-state index < -0.39 is 10.0 Å². The molecule has 1 fully saturated rings. The summed E-state index contributed by atoms with van der Waals surface area (Å²) in [5.74, 6) is 0.172. The van der Waals surface area contributed by atoms with Crippen molar-refractivity contribution in [1.29, 1.82) is 0 Å². The van der Waals surface area contributed by atoms with Crippen molar-refractivity contribution in [1.82, 2.24) is 9.29 Å². The fraction of sp³-hybridized carbons (Fsp3) is 0.500. The molecule has 3 rings (SSSR count). The lowest BCUT2D eigenvalue weighted by Crippen LogP contribution is -2.49. The lowest BCUT2D eigenvalue weighted by Gasteiger charge is -2.36. The summed E-state index contributed by atoms with van der Waals surface area (Å²) in [7, 11) is -3.09. The van der Waals surface area contributed by atoms with Crippen LogP contribution in [0.3, 0.4) is 0 Å². The highest BCUT2D eigenvalue weighted by Gasteiger charge is 2.26. The monoisotopic (exact) mass is 347 g/mol. The molecule has 0 spiro atoms. The third kappa shape index (κ3) is 3.39. The summed E-state index contributed by atoms with van der Waals surface area (Å²) in [6, 6.07) is 10.4. The molecule has 0 unspecified atom stereocenters. The van der Waals surface area contributed by atoms with E-state index in [0.29, 0.717) is 13.1 Å². The first-order valence-corrected chi connectivity index (χ1v) is 10.3. The van der Waals surface area contributed by atoms with E-state index in [9.17, 15) is 8.42 Å². The largest absolute Gasteiger partial charge is 0.368 e. The fourth-order valence-electron chi connectivity index (χ4n) is 3.25. The van der Waals surface area contributed by atoms with Gasteiger partial charge >= 0.3 is 0 Å². The number of aromatic nitrogens is 1. The van der Waals surface area contributed by atoms with E-state index in [2.05, 4.69) is 30.0 Å². The Hall–Kier alpha value is -1.66. The van der Waals surface area contributed by atoms with E-state index in [-0.39, 0.29) is 5.75 Å². The van der Waals surface area contributed by atoms with Crippen LogP contribution in [-0.4, -0.2) is 49.6 Å². The van der Waals surface area contributed by atoms with Crippen LogP contribution in [-0.2, 0) is 16.4 Å². The summed E-state index contributed by atoms with van der Waals surface area (Å²) in [5, 5.41) is 1.14. The van der Waals surface area contributed by atoms with Crippen molar-refractivity contribution >= 4 is 26.6 Å². The Bertz CT molecular complexity index is 812. The van der Waals surface area contributed by atoms with Gasteiger partial charge in [-0.15, -0.1) is 0 Å². The average molecular weight is 347 g/mol. The second kappa shape index (κ2) is 7.07. The zero-order valence-corrected chi connectivity index (χ0v) is 15.2. The molecule has 0 N–H and O–H groups in total. The first-order valence-electron chi connectivity index (χ1n) is 8.66. The number of piperazine rings is 1. The number of para-hydroxylation sites is 1. The van der Waals surface area contributed by atoms with E-state index in [1.807, 2.05) is 12.1 Å². The van der Waals surface area contributed by atoms with E-state index in [1.54, 1.807) is 11.2 Å². The summed E-state index contributed by atoms with van der Waals surface area (Å²) in [6.45, 7) is 6.41. The number of hydrogen-bond donors (Lipinski definition) is 0. The fourth-order valence-corrected chi connectivity index (χ4v) is 4.33. The molecule has 0 saturated carbocycles. The normalized spacial score (nSPS) is 16.7. The lowest BCUT2D eigenvalue weighted by atomic mass is 10.1. The molecule has 0 aliphatic carbocycles. The molecule has 0 atom stereocenters. The standard InChI is InChI=1S/C18H25N3O2S/c1-3-7-15-14-18(16-8-5-6-9-17(16)19-15)20-10-12-21(13-11-20)24(22,23)4-2/h5-6,8-9,14H,3-4,7,10-13H2,1-2H3. The maximum atomic E-state index is 12.0. The van der Waals surface area contributed by atoms with Crippen molar-refractivity contribution in [2.45, 2.75) is 26.7 Å². The molecule has 0 bridgehead atoms. The molecule has 2 heterocycles. The molecule has 1 aromatic carbocycles. The summed E-state index contributed by atoms with van der Waals surface area (Å²) >= 11 is 0. The van der Waals surface area contributed by atoms with Gasteiger partial charge in [0.05, 0.1) is 11.3 Å². The van der Waals surface area contributed by atoms with Gasteiger partial charge in [0, 0.05) is 42.9 Å². The van der Waals surface area contributed by atoms with Crippen LogP contribution < -0.4 is 4.90 Å². The van der Waals surface area contributed by atoms with Crippen LogP contribution >= 0.6 is 0 Å². The molecule has 1 saturated heterocycles. The lowest BCUT2D eigenvalue weighted by molar-refractivity contribution is 0.386. The Balaban J connectivity index is 1.90. The Morgan fingerprint density at radius 2 is 1.79 bits per heavy atom. The van der Waals surface area contributed by atoms with Gasteiger partial charge in [0.15, 0.2) is 0 Å². The van der Waals surface area contributed by atoms with Crippen LogP contribution in [0, 0.1) is 0 Å². The van der Waals surface area contributed by atoms with Gasteiger partial charge in [0.25, 0.3) is 0 Å². The van der Waals surface area contributed by atoms with Crippen molar-refractivity contribution in [2.75, 3.05) is 36.8 Å². The number of rotatable bonds is 5. The van der Waals surface area contributed by atoms with Crippen molar-refractivity contribution in [2.24, 2.45) is 0 Å². The summed E-state index contributed by atoms with van der Waals surface area (Å²) in [6.07, 6.45) is 2.02. The van der Waals surface area contributed by atoms with Gasteiger partial charge in [-0.1, -0.05) is 31.5 Å². The van der Waals surface area contributed by atoms with Crippen molar-refractivity contribution in [3.8, 4) is 0 Å². The predicted octanol–water partition coefficient (Wildman–Crippen LogP) is 2.66. The Morgan fingerprint density at radius 1 is 1.08 bits per heavy atom. The third-order valence-electron chi connectivity index (χ3n) is 4.59. The Kier molecular flexibility index (Phi) is 5.06. The van der Waals surface area contributed by atoms with Gasteiger partial charge < -0.3 is 4.90 Å². The van der Waals surface area contributed by atoms with Gasteiger partial charge in [-0.3, -0.25) is 4.98 Å². The highest BCUT2D eigenvalue weighted by atomic mass is 32.2. The summed E-state index contributed by atoms with van der Waals surface area (Å²) in [4.78, 5) is 7.05. The van der Waals surface area contributed by atoms with E-state index in [0.717, 1.165) is 42.5 Å². The SMILES string of the molecule is CCCc1cc(N2CCN(S(=O)(=O)CC)CC2)c2ccccc2n1. The topological polar surface area (TPSA) is 53.5 Å². The molecule has 1 aliphatic rings. The van der Waals surface area contributed by atoms with Gasteiger partial charge in [0.2, 0.25) is 10.0 Å². The molecule has 0 radical (unpaired) electrons. The molecule has 6 heteroatoms. The van der Waals surface area contributed by atoms with E-state index >= 15 is 0 Å². The van der Waals surface area contributed by atoms with Gasteiger partial charge in [-0.25, -0.2) is 8.42 Å². The first-order chi connectivity index (χ1) is 11.5. The van der Waals surface area contributed by atoms with Gasteiger partial charge in [-0.05, 0) is 25.5 Å². The predicted molar refractivity (Wildman–Crippen MR) is 99.0 cm³/mol. The zero-order chi connectivity index (χ0) is 17.2. The number of anilines is 1. The summed E-state index contributed by atoms with van der Waals surface area (Å²) in [5.41, 5.74) is 3.30. The van der Waals surface area contributed by atoms with Crippen molar-refractivity contribution in [3.05, 3.63) is 36.0 Å². The van der Waals surface area contributed by atoms with Crippen LogP contribution in [0.15, 0.2) is 30.3 Å². The minimum atomic E-state index is -3.09. The Morgan fingerprint density at radius 3 is 2.46 bits per heavy atom. The van der Waals surface area contributed by atoms with Crippen LogP contribution in [0.4, 0.5) is 5.69 Å². The Labute approximate surface area is 144 Å². The molecule has 1 aliphatic heterocycles. The average Bonchev–Trinajstić information content (AvgIpc) is 2.61.